The van der Waals surface area contributed by atoms with Crippen molar-refractivity contribution in [3.05, 3.63) is 24.0 Å². The van der Waals surface area contributed by atoms with Gasteiger partial charge in [0.2, 0.25) is 0 Å². The van der Waals surface area contributed by atoms with Crippen molar-refractivity contribution in [1.82, 2.24) is 15.6 Å². The first kappa shape index (κ1) is 18.7. The molecular formula is C17H22F2N4O3. The zero-order chi connectivity index (χ0) is 18.7. The lowest BCUT2D eigenvalue weighted by Gasteiger charge is -2.13. The minimum Gasteiger partial charge on any atom is -0.365 e. The molecule has 9 heteroatoms. The molecule has 26 heavy (non-hydrogen) atoms. The van der Waals surface area contributed by atoms with E-state index in [-0.39, 0.29) is 37.2 Å². The third-order valence-corrected chi connectivity index (χ3v) is 4.49. The maximum Gasteiger partial charge on any atom is 0.270 e. The Morgan fingerprint density at radius 2 is 2.23 bits per heavy atom. The first-order valence-corrected chi connectivity index (χ1v) is 8.64. The van der Waals surface area contributed by atoms with Gasteiger partial charge in [0.25, 0.3) is 17.7 Å². The summed E-state index contributed by atoms with van der Waals surface area (Å²) in [5, 5.41) is 7.97. The Kier molecular flexibility index (Phi) is 5.47. The minimum atomic E-state index is -2.74. The van der Waals surface area contributed by atoms with Crippen LogP contribution in [0.15, 0.2) is 18.3 Å². The van der Waals surface area contributed by atoms with Gasteiger partial charge >= 0.3 is 0 Å². The van der Waals surface area contributed by atoms with Crippen molar-refractivity contribution in [2.24, 2.45) is 0 Å². The molecule has 1 aromatic heterocycles. The number of rotatable bonds is 5. The highest BCUT2D eigenvalue weighted by molar-refractivity contribution is 5.97. The lowest BCUT2D eigenvalue weighted by Crippen LogP contribution is -2.37. The van der Waals surface area contributed by atoms with E-state index in [9.17, 15) is 18.4 Å². The number of nitrogens with one attached hydrogen (secondary N) is 3. The largest absolute Gasteiger partial charge is 0.365 e. The van der Waals surface area contributed by atoms with Crippen LogP contribution in [0.5, 0.6) is 0 Å². The number of amides is 2. The number of alkyl halides is 2. The molecule has 0 saturated carbocycles. The first-order valence-electron chi connectivity index (χ1n) is 8.64. The molecule has 142 valence electrons. The molecule has 2 aliphatic rings. The number of carbonyl (C=O) groups excluding carboxylic acids is 2. The molecular weight excluding hydrogens is 346 g/mol. The van der Waals surface area contributed by atoms with Crippen LogP contribution in [0.1, 0.15) is 36.7 Å². The average molecular weight is 368 g/mol. The average Bonchev–Trinajstić information content (AvgIpc) is 3.18. The van der Waals surface area contributed by atoms with Crippen LogP contribution in [0, 0.1) is 0 Å². The number of ether oxygens (including phenoxy) is 1. The van der Waals surface area contributed by atoms with E-state index in [4.69, 9.17) is 4.74 Å². The molecule has 2 saturated heterocycles. The van der Waals surface area contributed by atoms with Crippen molar-refractivity contribution in [2.75, 3.05) is 18.4 Å². The second-order valence-electron chi connectivity index (χ2n) is 6.78. The van der Waals surface area contributed by atoms with Crippen molar-refractivity contribution < 1.29 is 23.1 Å². The summed E-state index contributed by atoms with van der Waals surface area (Å²) in [5.41, 5.74) is 0.539. The molecule has 3 heterocycles. The van der Waals surface area contributed by atoms with Crippen LogP contribution < -0.4 is 16.0 Å². The fraction of sp³-hybridized carbons (Fsp3) is 0.588. The molecule has 3 N–H and O–H groups in total. The van der Waals surface area contributed by atoms with E-state index in [2.05, 4.69) is 20.9 Å². The van der Waals surface area contributed by atoms with Crippen LogP contribution in [0.25, 0.3) is 0 Å². The van der Waals surface area contributed by atoms with E-state index < -0.39 is 24.0 Å². The first-order chi connectivity index (χ1) is 12.3. The SMILES string of the molecule is CC1CCC(C(=O)Nc2ccnc(C(=O)NCC3CC(F)(F)CN3)c2)O1. The van der Waals surface area contributed by atoms with Crippen molar-refractivity contribution in [3.63, 3.8) is 0 Å². The fourth-order valence-corrected chi connectivity index (χ4v) is 3.10. The van der Waals surface area contributed by atoms with Crippen molar-refractivity contribution >= 4 is 17.5 Å². The molecule has 0 bridgehead atoms. The highest BCUT2D eigenvalue weighted by atomic mass is 19.3. The highest BCUT2D eigenvalue weighted by Crippen LogP contribution is 2.24. The van der Waals surface area contributed by atoms with Gasteiger partial charge in [-0.05, 0) is 31.9 Å². The Hall–Kier alpha value is -2.13. The van der Waals surface area contributed by atoms with Gasteiger partial charge in [0.05, 0.1) is 12.6 Å². The van der Waals surface area contributed by atoms with E-state index in [1.165, 1.54) is 12.3 Å². The van der Waals surface area contributed by atoms with E-state index in [0.29, 0.717) is 12.1 Å². The summed E-state index contributed by atoms with van der Waals surface area (Å²) in [6.45, 7) is 1.62. The van der Waals surface area contributed by atoms with Gasteiger partial charge in [0, 0.05) is 30.9 Å². The lowest BCUT2D eigenvalue weighted by atomic mass is 10.2. The van der Waals surface area contributed by atoms with Gasteiger partial charge in [-0.3, -0.25) is 14.6 Å². The van der Waals surface area contributed by atoms with Gasteiger partial charge in [0.15, 0.2) is 0 Å². The van der Waals surface area contributed by atoms with E-state index in [1.54, 1.807) is 6.07 Å². The van der Waals surface area contributed by atoms with Crippen LogP contribution in [-0.4, -0.2) is 54.1 Å². The Morgan fingerprint density at radius 1 is 1.42 bits per heavy atom. The number of anilines is 1. The summed E-state index contributed by atoms with van der Waals surface area (Å²) in [6.07, 6.45) is 2.15. The molecule has 2 fully saturated rings. The minimum absolute atomic E-state index is 0.0566. The summed E-state index contributed by atoms with van der Waals surface area (Å²) in [6, 6.07) is 2.55. The van der Waals surface area contributed by atoms with Crippen LogP contribution in [0.2, 0.25) is 0 Å². The lowest BCUT2D eigenvalue weighted by molar-refractivity contribution is -0.126. The number of pyridine rings is 1. The monoisotopic (exact) mass is 368 g/mol. The summed E-state index contributed by atoms with van der Waals surface area (Å²) in [7, 11) is 0. The van der Waals surface area contributed by atoms with Crippen molar-refractivity contribution in [1.29, 1.82) is 0 Å². The van der Waals surface area contributed by atoms with Crippen molar-refractivity contribution in [3.8, 4) is 0 Å². The predicted octanol–water partition coefficient (Wildman–Crippen LogP) is 1.31. The van der Waals surface area contributed by atoms with E-state index in [1.807, 2.05) is 6.92 Å². The molecule has 2 amide bonds. The maximum atomic E-state index is 13.1. The van der Waals surface area contributed by atoms with Gasteiger partial charge in [-0.2, -0.15) is 0 Å². The van der Waals surface area contributed by atoms with E-state index >= 15 is 0 Å². The number of nitrogens with zero attached hydrogens (tertiary/aromatic N) is 1. The molecule has 3 unspecified atom stereocenters. The molecule has 7 nitrogen and oxygen atoms in total. The standard InChI is InChI=1S/C17H22F2N4O3/c1-10-2-3-14(26-10)16(25)23-11-4-5-20-13(6-11)15(24)21-8-12-7-17(18,19)9-22-12/h4-6,10,12,14,22H,2-3,7-9H2,1H3,(H,21,24)(H,20,23,25). The fourth-order valence-electron chi connectivity index (χ4n) is 3.10. The predicted molar refractivity (Wildman–Crippen MR) is 90.1 cm³/mol. The summed E-state index contributed by atoms with van der Waals surface area (Å²) in [5.74, 6) is -3.48. The topological polar surface area (TPSA) is 92.4 Å². The normalized spacial score (nSPS) is 27.3. The number of carbonyl (C=O) groups is 2. The molecule has 1 aromatic rings. The zero-order valence-electron chi connectivity index (χ0n) is 14.4. The van der Waals surface area contributed by atoms with Crippen LogP contribution in [0.4, 0.5) is 14.5 Å². The van der Waals surface area contributed by atoms with Gasteiger partial charge in [-0.1, -0.05) is 0 Å². The molecule has 3 atom stereocenters. The molecule has 0 aromatic carbocycles. The van der Waals surface area contributed by atoms with Crippen LogP contribution >= 0.6 is 0 Å². The van der Waals surface area contributed by atoms with Gasteiger partial charge in [-0.15, -0.1) is 0 Å². The zero-order valence-corrected chi connectivity index (χ0v) is 14.4. The second-order valence-corrected chi connectivity index (χ2v) is 6.78. The summed E-state index contributed by atoms with van der Waals surface area (Å²) < 4.78 is 31.8. The third kappa shape index (κ3) is 4.73. The van der Waals surface area contributed by atoms with Gasteiger partial charge < -0.3 is 20.7 Å². The Bertz CT molecular complexity index is 686. The number of hydrogen-bond donors (Lipinski definition) is 3. The Labute approximate surface area is 149 Å². The smallest absolute Gasteiger partial charge is 0.270 e. The molecule has 0 spiro atoms. The quantitative estimate of drug-likeness (QED) is 0.729. The Morgan fingerprint density at radius 3 is 2.88 bits per heavy atom. The van der Waals surface area contributed by atoms with Crippen LogP contribution in [-0.2, 0) is 9.53 Å². The summed E-state index contributed by atoms with van der Waals surface area (Å²) >= 11 is 0. The van der Waals surface area contributed by atoms with Crippen LogP contribution in [0.3, 0.4) is 0 Å². The number of aromatic nitrogens is 1. The molecule has 0 aliphatic carbocycles. The number of halogens is 2. The van der Waals surface area contributed by atoms with Gasteiger partial charge in [0.1, 0.15) is 11.8 Å². The maximum absolute atomic E-state index is 13.1. The Balaban J connectivity index is 1.53. The van der Waals surface area contributed by atoms with E-state index in [0.717, 1.165) is 6.42 Å². The van der Waals surface area contributed by atoms with Gasteiger partial charge in [-0.25, -0.2) is 8.78 Å². The molecule has 2 aliphatic heterocycles. The van der Waals surface area contributed by atoms with Crippen molar-refractivity contribution in [2.45, 2.75) is 50.4 Å². The molecule has 3 rings (SSSR count). The summed E-state index contributed by atoms with van der Waals surface area (Å²) in [4.78, 5) is 28.3. The molecule has 0 radical (unpaired) electrons. The second kappa shape index (κ2) is 7.63. The number of hydrogen-bond acceptors (Lipinski definition) is 5. The highest BCUT2D eigenvalue weighted by Gasteiger charge is 2.39. The third-order valence-electron chi connectivity index (χ3n) is 4.49.